The van der Waals surface area contributed by atoms with Crippen molar-refractivity contribution < 1.29 is 4.79 Å². The van der Waals surface area contributed by atoms with Gasteiger partial charge in [-0.2, -0.15) is 0 Å². The number of amides is 1. The van der Waals surface area contributed by atoms with E-state index < -0.39 is 0 Å². The number of piperidine rings is 1. The average molecular weight is 293 g/mol. The molecule has 0 aliphatic carbocycles. The van der Waals surface area contributed by atoms with Crippen LogP contribution in [0.4, 0.5) is 0 Å². The van der Waals surface area contributed by atoms with E-state index in [1.54, 1.807) is 6.20 Å². The van der Waals surface area contributed by atoms with Crippen molar-refractivity contribution >= 4 is 5.91 Å². The summed E-state index contributed by atoms with van der Waals surface area (Å²) in [4.78, 5) is 14.4. The molecule has 0 bridgehead atoms. The summed E-state index contributed by atoms with van der Waals surface area (Å²) in [6, 6.07) is 0.866. The normalized spacial score (nSPS) is 20.2. The van der Waals surface area contributed by atoms with Gasteiger partial charge in [0.25, 0.3) is 5.91 Å². The quantitative estimate of drug-likeness (QED) is 0.897. The third kappa shape index (κ3) is 4.27. The molecule has 1 aliphatic heterocycles. The standard InChI is InChI=1S/C15H27N5O/c1-11(2)8-16-15(21)14-10-20(18-17-14)13-6-5-7-19(9-13)12(3)4/h10-13H,5-9H2,1-4H3,(H,16,21)/t13-/m1/s1. The summed E-state index contributed by atoms with van der Waals surface area (Å²) in [5, 5.41) is 11.1. The van der Waals surface area contributed by atoms with E-state index in [9.17, 15) is 4.79 Å². The summed E-state index contributed by atoms with van der Waals surface area (Å²) in [7, 11) is 0. The van der Waals surface area contributed by atoms with Gasteiger partial charge in [0, 0.05) is 19.1 Å². The lowest BCUT2D eigenvalue weighted by Gasteiger charge is -2.35. The van der Waals surface area contributed by atoms with E-state index in [1.807, 2.05) is 4.68 Å². The first kappa shape index (κ1) is 15.9. The Balaban J connectivity index is 1.97. The molecule has 1 saturated heterocycles. The lowest BCUT2D eigenvalue weighted by molar-refractivity contribution is 0.0943. The number of hydrogen-bond donors (Lipinski definition) is 1. The number of carbonyl (C=O) groups is 1. The molecule has 0 saturated carbocycles. The first-order valence-electron chi connectivity index (χ1n) is 7.91. The van der Waals surface area contributed by atoms with E-state index in [4.69, 9.17) is 0 Å². The van der Waals surface area contributed by atoms with Gasteiger partial charge < -0.3 is 5.32 Å². The molecule has 6 heteroatoms. The van der Waals surface area contributed by atoms with Gasteiger partial charge in [0.1, 0.15) is 0 Å². The van der Waals surface area contributed by atoms with Crippen LogP contribution in [0.1, 0.15) is 57.1 Å². The van der Waals surface area contributed by atoms with Gasteiger partial charge in [-0.15, -0.1) is 5.10 Å². The highest BCUT2D eigenvalue weighted by atomic mass is 16.2. The molecule has 1 fully saturated rings. The number of nitrogens with zero attached hydrogens (tertiary/aromatic N) is 4. The Morgan fingerprint density at radius 3 is 2.86 bits per heavy atom. The van der Waals surface area contributed by atoms with Crippen LogP contribution in [0.25, 0.3) is 0 Å². The van der Waals surface area contributed by atoms with Crippen LogP contribution in [0.2, 0.25) is 0 Å². The van der Waals surface area contributed by atoms with E-state index >= 15 is 0 Å². The first-order chi connectivity index (χ1) is 9.97. The monoisotopic (exact) mass is 293 g/mol. The predicted octanol–water partition coefficient (Wildman–Crippen LogP) is 1.71. The Bertz CT molecular complexity index is 468. The molecule has 1 aromatic heterocycles. The van der Waals surface area contributed by atoms with Crippen LogP contribution in [-0.4, -0.2) is 51.5 Å². The van der Waals surface area contributed by atoms with Gasteiger partial charge in [0.05, 0.1) is 12.2 Å². The Morgan fingerprint density at radius 2 is 2.19 bits per heavy atom. The summed E-state index contributed by atoms with van der Waals surface area (Å²) in [5.41, 5.74) is 0.414. The van der Waals surface area contributed by atoms with E-state index in [0.29, 0.717) is 30.2 Å². The van der Waals surface area contributed by atoms with Crippen LogP contribution in [-0.2, 0) is 0 Å². The lowest BCUT2D eigenvalue weighted by atomic mass is 10.0. The van der Waals surface area contributed by atoms with Crippen LogP contribution in [0.5, 0.6) is 0 Å². The number of carbonyl (C=O) groups excluding carboxylic acids is 1. The maximum atomic E-state index is 12.0. The molecule has 2 heterocycles. The molecule has 1 N–H and O–H groups in total. The minimum absolute atomic E-state index is 0.133. The number of aromatic nitrogens is 3. The second kappa shape index (κ2) is 7.02. The van der Waals surface area contributed by atoms with Crippen molar-refractivity contribution in [2.24, 2.45) is 5.92 Å². The highest BCUT2D eigenvalue weighted by Crippen LogP contribution is 2.22. The van der Waals surface area contributed by atoms with Crippen LogP contribution in [0.3, 0.4) is 0 Å². The van der Waals surface area contributed by atoms with Crippen molar-refractivity contribution in [1.29, 1.82) is 0 Å². The van der Waals surface area contributed by atoms with Crippen LogP contribution >= 0.6 is 0 Å². The zero-order chi connectivity index (χ0) is 15.4. The molecule has 6 nitrogen and oxygen atoms in total. The molecule has 21 heavy (non-hydrogen) atoms. The van der Waals surface area contributed by atoms with Gasteiger partial charge in [-0.1, -0.05) is 19.1 Å². The summed E-state index contributed by atoms with van der Waals surface area (Å²) in [6.07, 6.45) is 4.04. The maximum Gasteiger partial charge on any atom is 0.273 e. The van der Waals surface area contributed by atoms with Gasteiger partial charge in [-0.25, -0.2) is 4.68 Å². The second-order valence-corrected chi connectivity index (χ2v) is 6.57. The van der Waals surface area contributed by atoms with Gasteiger partial charge in [-0.05, 0) is 39.2 Å². The number of likely N-dealkylation sites (tertiary alicyclic amines) is 1. The van der Waals surface area contributed by atoms with Crippen molar-refractivity contribution in [1.82, 2.24) is 25.2 Å². The highest BCUT2D eigenvalue weighted by molar-refractivity contribution is 5.91. The van der Waals surface area contributed by atoms with E-state index in [-0.39, 0.29) is 5.91 Å². The fourth-order valence-electron chi connectivity index (χ4n) is 2.61. The fourth-order valence-corrected chi connectivity index (χ4v) is 2.61. The molecule has 1 aliphatic rings. The number of rotatable bonds is 5. The van der Waals surface area contributed by atoms with E-state index in [0.717, 1.165) is 25.9 Å². The van der Waals surface area contributed by atoms with Crippen LogP contribution in [0.15, 0.2) is 6.20 Å². The fraction of sp³-hybridized carbons (Fsp3) is 0.800. The Kier molecular flexibility index (Phi) is 5.33. The molecule has 2 rings (SSSR count). The molecule has 118 valence electrons. The molecular weight excluding hydrogens is 266 g/mol. The minimum Gasteiger partial charge on any atom is -0.350 e. The van der Waals surface area contributed by atoms with Crippen molar-refractivity contribution in [2.45, 2.75) is 52.6 Å². The number of hydrogen-bond acceptors (Lipinski definition) is 4. The van der Waals surface area contributed by atoms with Gasteiger partial charge in [0.15, 0.2) is 5.69 Å². The second-order valence-electron chi connectivity index (χ2n) is 6.57. The minimum atomic E-state index is -0.133. The smallest absolute Gasteiger partial charge is 0.273 e. The largest absolute Gasteiger partial charge is 0.350 e. The van der Waals surface area contributed by atoms with Crippen molar-refractivity contribution in [3.05, 3.63) is 11.9 Å². The van der Waals surface area contributed by atoms with E-state index in [2.05, 4.69) is 48.2 Å². The lowest BCUT2D eigenvalue weighted by Crippen LogP contribution is -2.40. The zero-order valence-electron chi connectivity index (χ0n) is 13.5. The third-order valence-corrected chi connectivity index (χ3v) is 3.95. The summed E-state index contributed by atoms with van der Waals surface area (Å²) in [6.45, 7) is 11.4. The maximum absolute atomic E-state index is 12.0. The molecule has 0 radical (unpaired) electrons. The average Bonchev–Trinajstić information content (AvgIpc) is 2.94. The summed E-state index contributed by atoms with van der Waals surface area (Å²) >= 11 is 0. The molecule has 0 aromatic carbocycles. The molecule has 0 spiro atoms. The highest BCUT2D eigenvalue weighted by Gasteiger charge is 2.24. The Morgan fingerprint density at radius 1 is 1.43 bits per heavy atom. The Hall–Kier alpha value is -1.43. The van der Waals surface area contributed by atoms with Gasteiger partial charge in [0.2, 0.25) is 0 Å². The summed E-state index contributed by atoms with van der Waals surface area (Å²) < 4.78 is 1.86. The zero-order valence-corrected chi connectivity index (χ0v) is 13.5. The van der Waals surface area contributed by atoms with Gasteiger partial charge in [-0.3, -0.25) is 9.69 Å². The van der Waals surface area contributed by atoms with Crippen molar-refractivity contribution in [3.63, 3.8) is 0 Å². The molecule has 1 aromatic rings. The number of nitrogens with one attached hydrogen (secondary N) is 1. The summed E-state index contributed by atoms with van der Waals surface area (Å²) in [5.74, 6) is 0.299. The third-order valence-electron chi connectivity index (χ3n) is 3.95. The van der Waals surface area contributed by atoms with E-state index in [1.165, 1.54) is 0 Å². The molecule has 1 atom stereocenters. The molecular formula is C15H27N5O. The SMILES string of the molecule is CC(C)CNC(=O)c1cn([C@@H]2CCCN(C(C)C)C2)nn1. The van der Waals surface area contributed by atoms with Crippen LogP contribution < -0.4 is 5.32 Å². The predicted molar refractivity (Wildman–Crippen MR) is 82.2 cm³/mol. The molecule has 0 unspecified atom stereocenters. The van der Waals surface area contributed by atoms with Crippen molar-refractivity contribution in [3.8, 4) is 0 Å². The topological polar surface area (TPSA) is 63.1 Å². The molecule has 1 amide bonds. The van der Waals surface area contributed by atoms with Crippen LogP contribution in [0, 0.1) is 5.92 Å². The van der Waals surface area contributed by atoms with Crippen molar-refractivity contribution in [2.75, 3.05) is 19.6 Å². The van der Waals surface area contributed by atoms with Gasteiger partial charge >= 0.3 is 0 Å². The Labute approximate surface area is 126 Å². The first-order valence-corrected chi connectivity index (χ1v) is 7.91.